The highest BCUT2D eigenvalue weighted by Gasteiger charge is 2.19. The Morgan fingerprint density at radius 2 is 1.86 bits per heavy atom. The third kappa shape index (κ3) is 2.40. The fraction of sp³-hybridized carbons (Fsp3) is 0.235. The number of nitrogens with one attached hydrogen (secondary N) is 1. The lowest BCUT2D eigenvalue weighted by atomic mass is 10.1. The molecular formula is C17H17ClN4. The number of fused-ring (bicyclic) bond motifs is 1. The zero-order chi connectivity index (χ0) is 14.9. The van der Waals surface area contributed by atoms with Crippen LogP contribution in [-0.2, 0) is 0 Å². The second kappa shape index (κ2) is 5.54. The summed E-state index contributed by atoms with van der Waals surface area (Å²) in [7, 11) is 0. The predicted octanol–water partition coefficient (Wildman–Crippen LogP) is 3.54. The molecule has 0 radical (unpaired) electrons. The van der Waals surface area contributed by atoms with Crippen molar-refractivity contribution in [2.45, 2.75) is 0 Å². The number of hydrogen-bond donors (Lipinski definition) is 1. The van der Waals surface area contributed by atoms with Crippen LogP contribution in [-0.4, -0.2) is 36.1 Å². The van der Waals surface area contributed by atoms with Crippen LogP contribution in [0.25, 0.3) is 10.9 Å². The molecule has 3 heterocycles. The van der Waals surface area contributed by atoms with Gasteiger partial charge in [0.25, 0.3) is 0 Å². The summed E-state index contributed by atoms with van der Waals surface area (Å²) in [6.45, 7) is 3.94. The topological polar surface area (TPSA) is 35.2 Å². The minimum absolute atomic E-state index is 0.777. The Labute approximate surface area is 134 Å². The second-order valence-electron chi connectivity index (χ2n) is 5.55. The lowest BCUT2D eigenvalue weighted by Gasteiger charge is -2.37. The van der Waals surface area contributed by atoms with Gasteiger partial charge in [0.05, 0.1) is 11.9 Å². The van der Waals surface area contributed by atoms with Crippen LogP contribution >= 0.6 is 11.6 Å². The van der Waals surface area contributed by atoms with Gasteiger partial charge in [-0.3, -0.25) is 4.98 Å². The molecule has 0 unspecified atom stereocenters. The fourth-order valence-corrected chi connectivity index (χ4v) is 3.33. The molecule has 0 spiro atoms. The lowest BCUT2D eigenvalue weighted by Crippen LogP contribution is -2.46. The van der Waals surface area contributed by atoms with E-state index in [9.17, 15) is 0 Å². The zero-order valence-electron chi connectivity index (χ0n) is 12.2. The van der Waals surface area contributed by atoms with E-state index in [-0.39, 0.29) is 0 Å². The number of nitrogens with zero attached hydrogens (tertiary/aromatic N) is 3. The van der Waals surface area contributed by atoms with E-state index in [4.69, 9.17) is 11.6 Å². The van der Waals surface area contributed by atoms with Crippen molar-refractivity contribution in [3.63, 3.8) is 0 Å². The van der Waals surface area contributed by atoms with Crippen LogP contribution in [0.15, 0.2) is 48.9 Å². The number of rotatable bonds is 2. The SMILES string of the molecule is Clc1cc(N2CCN(c3cccnc3)CC2)c2cc[nH]c2c1. The minimum Gasteiger partial charge on any atom is -0.367 e. The first-order chi connectivity index (χ1) is 10.8. The minimum atomic E-state index is 0.777. The number of anilines is 2. The predicted molar refractivity (Wildman–Crippen MR) is 92.0 cm³/mol. The summed E-state index contributed by atoms with van der Waals surface area (Å²) in [4.78, 5) is 12.2. The maximum absolute atomic E-state index is 6.26. The molecule has 2 aromatic heterocycles. The molecule has 4 nitrogen and oxygen atoms in total. The third-order valence-electron chi connectivity index (χ3n) is 4.24. The van der Waals surface area contributed by atoms with Crippen LogP contribution < -0.4 is 9.80 Å². The average molecular weight is 313 g/mol. The summed E-state index contributed by atoms with van der Waals surface area (Å²) in [6, 6.07) is 10.3. The van der Waals surface area contributed by atoms with E-state index in [1.54, 1.807) is 0 Å². The molecule has 4 rings (SSSR count). The maximum atomic E-state index is 6.26. The van der Waals surface area contributed by atoms with Gasteiger partial charge in [0.2, 0.25) is 0 Å². The third-order valence-corrected chi connectivity index (χ3v) is 4.46. The van der Waals surface area contributed by atoms with E-state index >= 15 is 0 Å². The monoisotopic (exact) mass is 312 g/mol. The average Bonchev–Trinajstić information content (AvgIpc) is 3.03. The Morgan fingerprint density at radius 1 is 1.05 bits per heavy atom. The van der Waals surface area contributed by atoms with Crippen molar-refractivity contribution in [2.75, 3.05) is 36.0 Å². The van der Waals surface area contributed by atoms with Gasteiger partial charge in [-0.2, -0.15) is 0 Å². The van der Waals surface area contributed by atoms with Crippen molar-refractivity contribution in [3.8, 4) is 0 Å². The molecule has 1 fully saturated rings. The number of aromatic amines is 1. The standard InChI is InChI=1S/C17H17ClN4/c18-13-10-16-15(3-5-20-16)17(11-13)22-8-6-21(7-9-22)14-2-1-4-19-12-14/h1-5,10-12,20H,6-9H2. The Kier molecular flexibility index (Phi) is 3.39. The molecule has 1 aliphatic heterocycles. The van der Waals surface area contributed by atoms with Gasteiger partial charge in [0, 0.05) is 60.2 Å². The Hall–Kier alpha value is -2.20. The highest BCUT2D eigenvalue weighted by atomic mass is 35.5. The van der Waals surface area contributed by atoms with Gasteiger partial charge in [-0.1, -0.05) is 11.6 Å². The molecule has 1 saturated heterocycles. The van der Waals surface area contributed by atoms with Gasteiger partial charge >= 0.3 is 0 Å². The Morgan fingerprint density at radius 3 is 2.64 bits per heavy atom. The molecule has 0 atom stereocenters. The van der Waals surface area contributed by atoms with Crippen molar-refractivity contribution in [2.24, 2.45) is 0 Å². The van der Waals surface area contributed by atoms with Gasteiger partial charge < -0.3 is 14.8 Å². The van der Waals surface area contributed by atoms with Crippen molar-refractivity contribution in [3.05, 3.63) is 53.9 Å². The Bertz CT molecular complexity index is 776. The lowest BCUT2D eigenvalue weighted by molar-refractivity contribution is 0.654. The molecule has 112 valence electrons. The number of aromatic nitrogens is 2. The number of halogens is 1. The summed E-state index contributed by atoms with van der Waals surface area (Å²) in [5.74, 6) is 0. The molecular weight excluding hydrogens is 296 g/mol. The zero-order valence-corrected chi connectivity index (χ0v) is 12.9. The molecule has 3 aromatic rings. The van der Waals surface area contributed by atoms with Crippen LogP contribution in [0.3, 0.4) is 0 Å². The number of H-pyrrole nitrogens is 1. The van der Waals surface area contributed by atoms with E-state index in [0.29, 0.717) is 0 Å². The van der Waals surface area contributed by atoms with E-state index in [1.165, 1.54) is 16.8 Å². The van der Waals surface area contributed by atoms with Crippen LogP contribution in [0.4, 0.5) is 11.4 Å². The van der Waals surface area contributed by atoms with Crippen molar-refractivity contribution in [1.82, 2.24) is 9.97 Å². The molecule has 22 heavy (non-hydrogen) atoms. The van der Waals surface area contributed by atoms with Crippen molar-refractivity contribution >= 4 is 33.9 Å². The van der Waals surface area contributed by atoms with E-state index < -0.39 is 0 Å². The fourth-order valence-electron chi connectivity index (χ4n) is 3.12. The summed E-state index contributed by atoms with van der Waals surface area (Å²) in [5.41, 5.74) is 3.51. The molecule has 0 aliphatic carbocycles. The number of pyridine rings is 1. The first kappa shape index (κ1) is 13.5. The molecule has 5 heteroatoms. The second-order valence-corrected chi connectivity index (χ2v) is 5.99. The quantitative estimate of drug-likeness (QED) is 0.786. The molecule has 1 aromatic carbocycles. The molecule has 0 saturated carbocycles. The molecule has 1 aliphatic rings. The van der Waals surface area contributed by atoms with Crippen LogP contribution in [0, 0.1) is 0 Å². The maximum Gasteiger partial charge on any atom is 0.0553 e. The number of benzene rings is 1. The normalized spacial score (nSPS) is 15.5. The first-order valence-electron chi connectivity index (χ1n) is 7.48. The van der Waals surface area contributed by atoms with Gasteiger partial charge in [0.1, 0.15) is 0 Å². The highest BCUT2D eigenvalue weighted by Crippen LogP contribution is 2.31. The van der Waals surface area contributed by atoms with Crippen LogP contribution in [0.2, 0.25) is 5.02 Å². The summed E-state index contributed by atoms with van der Waals surface area (Å²) in [6.07, 6.45) is 5.71. The van der Waals surface area contributed by atoms with Gasteiger partial charge in [0.15, 0.2) is 0 Å². The molecule has 0 bridgehead atoms. The van der Waals surface area contributed by atoms with E-state index in [2.05, 4.69) is 38.0 Å². The highest BCUT2D eigenvalue weighted by molar-refractivity contribution is 6.31. The first-order valence-corrected chi connectivity index (χ1v) is 7.85. The van der Waals surface area contributed by atoms with Crippen molar-refractivity contribution < 1.29 is 0 Å². The molecule has 1 N–H and O–H groups in total. The van der Waals surface area contributed by atoms with Crippen LogP contribution in [0.1, 0.15) is 0 Å². The summed E-state index contributed by atoms with van der Waals surface area (Å²) < 4.78 is 0. The summed E-state index contributed by atoms with van der Waals surface area (Å²) >= 11 is 6.26. The van der Waals surface area contributed by atoms with E-state index in [0.717, 1.165) is 36.7 Å². The van der Waals surface area contributed by atoms with Gasteiger partial charge in [-0.15, -0.1) is 0 Å². The van der Waals surface area contributed by atoms with Gasteiger partial charge in [-0.25, -0.2) is 0 Å². The number of piperazine rings is 1. The molecule has 0 amide bonds. The smallest absolute Gasteiger partial charge is 0.0553 e. The Balaban J connectivity index is 1.57. The largest absolute Gasteiger partial charge is 0.367 e. The number of hydrogen-bond acceptors (Lipinski definition) is 3. The van der Waals surface area contributed by atoms with Crippen molar-refractivity contribution in [1.29, 1.82) is 0 Å². The van der Waals surface area contributed by atoms with Gasteiger partial charge in [-0.05, 0) is 30.3 Å². The van der Waals surface area contributed by atoms with Crippen LogP contribution in [0.5, 0.6) is 0 Å². The summed E-state index contributed by atoms with van der Waals surface area (Å²) in [5, 5.41) is 2.01. The van der Waals surface area contributed by atoms with E-state index in [1.807, 2.05) is 30.7 Å².